The van der Waals surface area contributed by atoms with Crippen molar-refractivity contribution in [3.8, 4) is 0 Å². The Hall–Kier alpha value is -1.53. The van der Waals surface area contributed by atoms with Crippen LogP contribution in [0.5, 0.6) is 0 Å². The zero-order chi connectivity index (χ0) is 12.5. The minimum atomic E-state index is -4.51. The van der Waals surface area contributed by atoms with Gasteiger partial charge in [-0.1, -0.05) is 0 Å². The molecule has 0 bridgehead atoms. The van der Waals surface area contributed by atoms with E-state index >= 15 is 0 Å². The number of hydrogen-bond acceptors (Lipinski definition) is 2. The third kappa shape index (κ3) is 2.34. The number of halogens is 3. The molecule has 1 aromatic rings. The molecule has 0 aliphatic carbocycles. The van der Waals surface area contributed by atoms with Gasteiger partial charge in [0, 0.05) is 6.54 Å². The SMILES string of the molecule is CCn1nc(C(C)C(=O)O)cc1C(F)(F)F. The Balaban J connectivity index is 3.18. The lowest BCUT2D eigenvalue weighted by atomic mass is 10.1. The number of aromatic nitrogens is 2. The molecule has 0 amide bonds. The van der Waals surface area contributed by atoms with Crippen LogP contribution in [0.25, 0.3) is 0 Å². The van der Waals surface area contributed by atoms with Crippen LogP contribution >= 0.6 is 0 Å². The van der Waals surface area contributed by atoms with Gasteiger partial charge in [0.05, 0.1) is 11.6 Å². The summed E-state index contributed by atoms with van der Waals surface area (Å²) in [5.41, 5.74) is -1.00. The molecule has 0 aliphatic heterocycles. The van der Waals surface area contributed by atoms with E-state index in [4.69, 9.17) is 5.11 Å². The molecule has 1 atom stereocenters. The predicted molar refractivity (Wildman–Crippen MR) is 49.0 cm³/mol. The lowest BCUT2D eigenvalue weighted by Crippen LogP contribution is -2.13. The molecule has 0 radical (unpaired) electrons. The molecule has 0 aromatic carbocycles. The van der Waals surface area contributed by atoms with Crippen LogP contribution in [-0.4, -0.2) is 20.9 Å². The van der Waals surface area contributed by atoms with Crippen LogP contribution in [0.3, 0.4) is 0 Å². The van der Waals surface area contributed by atoms with Crippen LogP contribution in [0.4, 0.5) is 13.2 Å². The summed E-state index contributed by atoms with van der Waals surface area (Å²) in [6.07, 6.45) is -4.51. The van der Waals surface area contributed by atoms with Crippen molar-refractivity contribution in [1.82, 2.24) is 9.78 Å². The van der Waals surface area contributed by atoms with E-state index in [0.29, 0.717) is 0 Å². The highest BCUT2D eigenvalue weighted by Gasteiger charge is 2.36. The molecule has 0 saturated heterocycles. The van der Waals surface area contributed by atoms with Gasteiger partial charge in [0.2, 0.25) is 0 Å². The highest BCUT2D eigenvalue weighted by Crippen LogP contribution is 2.31. The van der Waals surface area contributed by atoms with Crippen molar-refractivity contribution in [2.45, 2.75) is 32.5 Å². The zero-order valence-electron chi connectivity index (χ0n) is 8.75. The Morgan fingerprint density at radius 2 is 2.19 bits per heavy atom. The lowest BCUT2D eigenvalue weighted by Gasteiger charge is -2.07. The van der Waals surface area contributed by atoms with Crippen molar-refractivity contribution in [2.24, 2.45) is 0 Å². The second-order valence-electron chi connectivity index (χ2n) is 3.33. The molecular formula is C9H11F3N2O2. The third-order valence-corrected chi connectivity index (χ3v) is 2.20. The monoisotopic (exact) mass is 236 g/mol. The Labute approximate surface area is 89.7 Å². The summed E-state index contributed by atoms with van der Waals surface area (Å²) in [6, 6.07) is 0.780. The van der Waals surface area contributed by atoms with Gasteiger partial charge in [-0.15, -0.1) is 0 Å². The van der Waals surface area contributed by atoms with E-state index in [1.54, 1.807) is 0 Å². The molecular weight excluding hydrogens is 225 g/mol. The second-order valence-corrected chi connectivity index (χ2v) is 3.33. The zero-order valence-corrected chi connectivity index (χ0v) is 8.75. The molecule has 1 unspecified atom stereocenters. The Bertz CT molecular complexity index is 398. The van der Waals surface area contributed by atoms with Gasteiger partial charge < -0.3 is 5.11 Å². The fourth-order valence-corrected chi connectivity index (χ4v) is 1.24. The van der Waals surface area contributed by atoms with Gasteiger partial charge in [0.1, 0.15) is 5.69 Å². The molecule has 0 spiro atoms. The Morgan fingerprint density at radius 1 is 1.62 bits per heavy atom. The van der Waals surface area contributed by atoms with Gasteiger partial charge in [0.15, 0.2) is 0 Å². The van der Waals surface area contributed by atoms with Crippen molar-refractivity contribution in [3.05, 3.63) is 17.5 Å². The highest BCUT2D eigenvalue weighted by atomic mass is 19.4. The summed E-state index contributed by atoms with van der Waals surface area (Å²) >= 11 is 0. The standard InChI is InChI=1S/C9H11F3N2O2/c1-3-14-7(9(10,11)12)4-6(13-14)5(2)8(15)16/h4-5H,3H2,1-2H3,(H,15,16). The maximum atomic E-state index is 12.5. The van der Waals surface area contributed by atoms with Gasteiger partial charge in [-0.05, 0) is 19.9 Å². The van der Waals surface area contributed by atoms with Crippen molar-refractivity contribution in [2.75, 3.05) is 0 Å². The van der Waals surface area contributed by atoms with E-state index in [1.807, 2.05) is 0 Å². The number of aliphatic carboxylic acids is 1. The average molecular weight is 236 g/mol. The molecule has 16 heavy (non-hydrogen) atoms. The summed E-state index contributed by atoms with van der Waals surface area (Å²) in [7, 11) is 0. The Morgan fingerprint density at radius 3 is 2.50 bits per heavy atom. The van der Waals surface area contributed by atoms with E-state index in [2.05, 4.69) is 5.10 Å². The molecule has 1 aromatic heterocycles. The first-order chi connectivity index (χ1) is 7.27. The highest BCUT2D eigenvalue weighted by molar-refractivity contribution is 5.74. The van der Waals surface area contributed by atoms with Gasteiger partial charge in [-0.3, -0.25) is 9.48 Å². The van der Waals surface area contributed by atoms with E-state index < -0.39 is 23.8 Å². The van der Waals surface area contributed by atoms with Gasteiger partial charge in [-0.25, -0.2) is 0 Å². The topological polar surface area (TPSA) is 55.1 Å². The number of carboxylic acid groups (broad SMARTS) is 1. The number of nitrogens with zero attached hydrogens (tertiary/aromatic N) is 2. The molecule has 7 heteroatoms. The fraction of sp³-hybridized carbons (Fsp3) is 0.556. The number of hydrogen-bond donors (Lipinski definition) is 1. The average Bonchev–Trinajstić information content (AvgIpc) is 2.59. The third-order valence-electron chi connectivity index (χ3n) is 2.20. The summed E-state index contributed by atoms with van der Waals surface area (Å²) in [5.74, 6) is -2.25. The molecule has 90 valence electrons. The Kier molecular flexibility index (Phi) is 3.25. The van der Waals surface area contributed by atoms with Crippen LogP contribution in [0.1, 0.15) is 31.2 Å². The quantitative estimate of drug-likeness (QED) is 0.874. The van der Waals surface area contributed by atoms with Crippen LogP contribution in [0.15, 0.2) is 6.07 Å². The molecule has 1 N–H and O–H groups in total. The van der Waals surface area contributed by atoms with E-state index in [9.17, 15) is 18.0 Å². The predicted octanol–water partition coefficient (Wildman–Crippen LogP) is 2.11. The molecule has 1 heterocycles. The number of alkyl halides is 3. The van der Waals surface area contributed by atoms with Crippen molar-refractivity contribution < 1.29 is 23.1 Å². The minimum absolute atomic E-state index is 0.0428. The summed E-state index contributed by atoms with van der Waals surface area (Å²) in [6.45, 7) is 2.85. The van der Waals surface area contributed by atoms with Crippen LogP contribution in [-0.2, 0) is 17.5 Å². The molecule has 1 rings (SSSR count). The number of rotatable bonds is 3. The maximum Gasteiger partial charge on any atom is 0.433 e. The summed E-state index contributed by atoms with van der Waals surface area (Å²) < 4.78 is 38.3. The van der Waals surface area contributed by atoms with Gasteiger partial charge >= 0.3 is 12.1 Å². The van der Waals surface area contributed by atoms with Crippen LogP contribution in [0, 0.1) is 0 Å². The first kappa shape index (κ1) is 12.5. The van der Waals surface area contributed by atoms with Crippen molar-refractivity contribution in [3.63, 3.8) is 0 Å². The summed E-state index contributed by atoms with van der Waals surface area (Å²) in [4.78, 5) is 10.6. The van der Waals surface area contributed by atoms with E-state index in [0.717, 1.165) is 10.7 Å². The normalized spacial score (nSPS) is 13.8. The van der Waals surface area contributed by atoms with Crippen molar-refractivity contribution >= 4 is 5.97 Å². The largest absolute Gasteiger partial charge is 0.481 e. The minimum Gasteiger partial charge on any atom is -0.481 e. The van der Waals surface area contributed by atoms with Crippen molar-refractivity contribution in [1.29, 1.82) is 0 Å². The molecule has 0 aliphatic rings. The van der Waals surface area contributed by atoms with Gasteiger partial charge in [-0.2, -0.15) is 18.3 Å². The summed E-state index contributed by atoms with van der Waals surface area (Å²) in [5, 5.41) is 12.3. The van der Waals surface area contributed by atoms with E-state index in [1.165, 1.54) is 13.8 Å². The lowest BCUT2D eigenvalue weighted by molar-refractivity contribution is -0.144. The van der Waals surface area contributed by atoms with E-state index in [-0.39, 0.29) is 12.2 Å². The maximum absolute atomic E-state index is 12.5. The number of carboxylic acids is 1. The molecule has 0 saturated carbocycles. The van der Waals surface area contributed by atoms with Crippen LogP contribution < -0.4 is 0 Å². The first-order valence-electron chi connectivity index (χ1n) is 4.65. The molecule has 4 nitrogen and oxygen atoms in total. The van der Waals surface area contributed by atoms with Crippen LogP contribution in [0.2, 0.25) is 0 Å². The molecule has 0 fully saturated rings. The fourth-order valence-electron chi connectivity index (χ4n) is 1.24. The second kappa shape index (κ2) is 4.15. The number of aryl methyl sites for hydroxylation is 1. The number of carbonyl (C=O) groups is 1. The smallest absolute Gasteiger partial charge is 0.433 e. The first-order valence-corrected chi connectivity index (χ1v) is 4.65. The van der Waals surface area contributed by atoms with Gasteiger partial charge in [0.25, 0.3) is 0 Å².